The van der Waals surface area contributed by atoms with Crippen molar-refractivity contribution in [2.24, 2.45) is 5.10 Å². The standard InChI is InChI=1S/C18H24FN5O/c1-3-4-17-16(13-20-23-11-9-22(2)10-12-23)18(25)24(21-17)15-7-5-14(19)6-8-15/h5-8,13,21H,3-4,9-12H2,1-2H3/b20-13+. The van der Waals surface area contributed by atoms with Crippen molar-refractivity contribution >= 4 is 6.21 Å². The fourth-order valence-electron chi connectivity index (χ4n) is 2.89. The molecular weight excluding hydrogens is 321 g/mol. The van der Waals surface area contributed by atoms with Gasteiger partial charge in [-0.1, -0.05) is 13.3 Å². The van der Waals surface area contributed by atoms with Gasteiger partial charge in [-0.2, -0.15) is 5.10 Å². The molecule has 0 spiro atoms. The molecule has 6 nitrogen and oxygen atoms in total. The average Bonchev–Trinajstić information content (AvgIpc) is 2.91. The van der Waals surface area contributed by atoms with Gasteiger partial charge in [0.05, 0.1) is 17.5 Å². The molecule has 1 N–H and O–H groups in total. The first-order valence-corrected chi connectivity index (χ1v) is 8.65. The van der Waals surface area contributed by atoms with Crippen LogP contribution >= 0.6 is 0 Å². The molecule has 1 aliphatic rings. The minimum atomic E-state index is -0.325. The van der Waals surface area contributed by atoms with Crippen molar-refractivity contribution in [2.45, 2.75) is 19.8 Å². The van der Waals surface area contributed by atoms with Gasteiger partial charge in [-0.05, 0) is 37.7 Å². The van der Waals surface area contributed by atoms with Crippen LogP contribution in [0.5, 0.6) is 0 Å². The summed E-state index contributed by atoms with van der Waals surface area (Å²) in [5.41, 5.74) is 1.88. The highest BCUT2D eigenvalue weighted by Crippen LogP contribution is 2.10. The van der Waals surface area contributed by atoms with Gasteiger partial charge in [-0.25, -0.2) is 9.07 Å². The van der Waals surface area contributed by atoms with E-state index in [-0.39, 0.29) is 11.4 Å². The summed E-state index contributed by atoms with van der Waals surface area (Å²) in [6, 6.07) is 5.87. The van der Waals surface area contributed by atoms with Gasteiger partial charge in [0, 0.05) is 31.9 Å². The molecule has 134 valence electrons. The minimum absolute atomic E-state index is 0.159. The molecule has 0 radical (unpaired) electrons. The lowest BCUT2D eigenvalue weighted by Crippen LogP contribution is -2.41. The number of rotatable bonds is 5. The lowest BCUT2D eigenvalue weighted by atomic mass is 10.2. The Labute approximate surface area is 146 Å². The number of nitrogens with one attached hydrogen (secondary N) is 1. The average molecular weight is 345 g/mol. The highest BCUT2D eigenvalue weighted by atomic mass is 19.1. The fraction of sp³-hybridized carbons (Fsp3) is 0.444. The van der Waals surface area contributed by atoms with E-state index in [9.17, 15) is 9.18 Å². The number of aromatic amines is 1. The molecule has 25 heavy (non-hydrogen) atoms. The van der Waals surface area contributed by atoms with Crippen molar-refractivity contribution in [2.75, 3.05) is 33.2 Å². The number of hydrogen-bond acceptors (Lipinski definition) is 4. The molecule has 2 heterocycles. The van der Waals surface area contributed by atoms with Gasteiger partial charge in [0.15, 0.2) is 0 Å². The monoisotopic (exact) mass is 345 g/mol. The number of hydrazone groups is 1. The van der Waals surface area contributed by atoms with E-state index in [1.807, 2.05) is 5.01 Å². The van der Waals surface area contributed by atoms with Crippen LogP contribution in [0, 0.1) is 5.82 Å². The number of nitrogens with zero attached hydrogens (tertiary/aromatic N) is 4. The summed E-state index contributed by atoms with van der Waals surface area (Å²) in [5.74, 6) is -0.325. The second kappa shape index (κ2) is 7.65. The highest BCUT2D eigenvalue weighted by Gasteiger charge is 2.15. The Hall–Kier alpha value is -2.41. The molecule has 1 fully saturated rings. The summed E-state index contributed by atoms with van der Waals surface area (Å²) in [6.07, 6.45) is 3.33. The molecule has 0 unspecified atom stereocenters. The van der Waals surface area contributed by atoms with Crippen LogP contribution in [-0.2, 0) is 6.42 Å². The Kier molecular flexibility index (Phi) is 5.33. The number of hydrogen-bond donors (Lipinski definition) is 1. The van der Waals surface area contributed by atoms with Crippen LogP contribution in [-0.4, -0.2) is 59.1 Å². The number of likely N-dealkylation sites (N-methyl/N-ethyl adjacent to an activating group) is 1. The van der Waals surface area contributed by atoms with Crippen LogP contribution < -0.4 is 5.56 Å². The third kappa shape index (κ3) is 3.99. The summed E-state index contributed by atoms with van der Waals surface area (Å²) in [7, 11) is 2.09. The van der Waals surface area contributed by atoms with Crippen molar-refractivity contribution in [3.8, 4) is 5.69 Å². The number of halogens is 1. The van der Waals surface area contributed by atoms with Crippen molar-refractivity contribution < 1.29 is 4.39 Å². The van der Waals surface area contributed by atoms with Gasteiger partial charge in [0.2, 0.25) is 0 Å². The number of H-pyrrole nitrogens is 1. The Bertz CT molecular complexity index is 785. The Balaban J connectivity index is 1.89. The van der Waals surface area contributed by atoms with E-state index in [1.54, 1.807) is 18.3 Å². The molecule has 0 amide bonds. The molecule has 3 rings (SSSR count). The van der Waals surface area contributed by atoms with E-state index in [2.05, 4.69) is 29.1 Å². The summed E-state index contributed by atoms with van der Waals surface area (Å²) in [6.45, 7) is 5.70. The van der Waals surface area contributed by atoms with Crippen LogP contribution in [0.25, 0.3) is 5.69 Å². The third-order valence-corrected chi connectivity index (χ3v) is 4.42. The van der Waals surface area contributed by atoms with Gasteiger partial charge in [0.1, 0.15) is 5.82 Å². The maximum absolute atomic E-state index is 13.1. The summed E-state index contributed by atoms with van der Waals surface area (Å²) >= 11 is 0. The molecule has 0 aliphatic carbocycles. The molecule has 1 aromatic carbocycles. The zero-order chi connectivity index (χ0) is 17.8. The molecule has 0 atom stereocenters. The Morgan fingerprint density at radius 3 is 2.52 bits per heavy atom. The van der Waals surface area contributed by atoms with Crippen LogP contribution in [0.1, 0.15) is 24.6 Å². The van der Waals surface area contributed by atoms with Crippen molar-refractivity contribution in [1.82, 2.24) is 19.7 Å². The second-order valence-corrected chi connectivity index (χ2v) is 6.37. The van der Waals surface area contributed by atoms with Crippen LogP contribution in [0.2, 0.25) is 0 Å². The van der Waals surface area contributed by atoms with Gasteiger partial charge >= 0.3 is 0 Å². The van der Waals surface area contributed by atoms with Gasteiger partial charge in [-0.15, -0.1) is 0 Å². The summed E-state index contributed by atoms with van der Waals surface area (Å²) in [4.78, 5) is 15.1. The number of aromatic nitrogens is 2. The molecule has 1 aliphatic heterocycles. The molecule has 0 bridgehead atoms. The summed E-state index contributed by atoms with van der Waals surface area (Å²) < 4.78 is 14.6. The first-order chi connectivity index (χ1) is 12.1. The van der Waals surface area contributed by atoms with E-state index in [0.29, 0.717) is 11.3 Å². The lowest BCUT2D eigenvalue weighted by Gasteiger charge is -2.30. The van der Waals surface area contributed by atoms with Crippen molar-refractivity contribution in [1.29, 1.82) is 0 Å². The van der Waals surface area contributed by atoms with Crippen molar-refractivity contribution in [3.63, 3.8) is 0 Å². The van der Waals surface area contributed by atoms with Gasteiger partial charge < -0.3 is 4.90 Å². The summed E-state index contributed by atoms with van der Waals surface area (Å²) in [5, 5.41) is 9.64. The SMILES string of the molecule is CCCc1[nH]n(-c2ccc(F)cc2)c(=O)c1/C=N/N1CCN(C)CC1. The van der Waals surface area contributed by atoms with E-state index in [0.717, 1.165) is 44.7 Å². The number of piperazine rings is 1. The predicted molar refractivity (Wildman–Crippen MR) is 97.0 cm³/mol. The number of aryl methyl sites for hydroxylation is 1. The minimum Gasteiger partial charge on any atom is -0.303 e. The lowest BCUT2D eigenvalue weighted by molar-refractivity contribution is 0.159. The molecule has 1 aromatic heterocycles. The first-order valence-electron chi connectivity index (χ1n) is 8.65. The fourth-order valence-corrected chi connectivity index (χ4v) is 2.89. The smallest absolute Gasteiger partial charge is 0.280 e. The normalized spacial score (nSPS) is 16.0. The third-order valence-electron chi connectivity index (χ3n) is 4.42. The topological polar surface area (TPSA) is 56.6 Å². The Morgan fingerprint density at radius 1 is 1.20 bits per heavy atom. The maximum atomic E-state index is 13.1. The highest BCUT2D eigenvalue weighted by molar-refractivity contribution is 5.80. The molecule has 7 heteroatoms. The van der Waals surface area contributed by atoms with E-state index < -0.39 is 0 Å². The van der Waals surface area contributed by atoms with E-state index >= 15 is 0 Å². The zero-order valence-corrected chi connectivity index (χ0v) is 14.7. The molecule has 1 saturated heterocycles. The van der Waals surface area contributed by atoms with Crippen LogP contribution in [0.15, 0.2) is 34.2 Å². The predicted octanol–water partition coefficient (Wildman–Crippen LogP) is 1.84. The largest absolute Gasteiger partial charge is 0.303 e. The van der Waals surface area contributed by atoms with Crippen LogP contribution in [0.4, 0.5) is 4.39 Å². The van der Waals surface area contributed by atoms with Crippen LogP contribution in [0.3, 0.4) is 0 Å². The number of benzene rings is 1. The van der Waals surface area contributed by atoms with E-state index in [1.165, 1.54) is 16.8 Å². The maximum Gasteiger partial charge on any atom is 0.280 e. The first kappa shape index (κ1) is 17.4. The quantitative estimate of drug-likeness (QED) is 0.842. The zero-order valence-electron chi connectivity index (χ0n) is 14.7. The molecule has 0 saturated carbocycles. The van der Waals surface area contributed by atoms with Gasteiger partial charge in [0.25, 0.3) is 5.56 Å². The molecule has 2 aromatic rings. The molecular formula is C18H24FN5O. The second-order valence-electron chi connectivity index (χ2n) is 6.37. The van der Waals surface area contributed by atoms with E-state index in [4.69, 9.17) is 0 Å². The van der Waals surface area contributed by atoms with Crippen molar-refractivity contribution in [3.05, 3.63) is 51.7 Å². The van der Waals surface area contributed by atoms with Gasteiger partial charge in [-0.3, -0.25) is 14.9 Å². The Morgan fingerprint density at radius 2 is 1.88 bits per heavy atom.